The van der Waals surface area contributed by atoms with Crippen molar-refractivity contribution in [3.05, 3.63) is 54.1 Å². The number of hydrogen-bond acceptors (Lipinski definition) is 4. The van der Waals surface area contributed by atoms with Gasteiger partial charge in [0.1, 0.15) is 19.3 Å². The summed E-state index contributed by atoms with van der Waals surface area (Å²) in [6.45, 7) is 1.07. The van der Waals surface area contributed by atoms with Gasteiger partial charge in [-0.05, 0) is 17.7 Å². The fourth-order valence-corrected chi connectivity index (χ4v) is 2.26. The van der Waals surface area contributed by atoms with E-state index >= 15 is 0 Å². The van der Waals surface area contributed by atoms with Gasteiger partial charge in [0.2, 0.25) is 5.91 Å². The minimum absolute atomic E-state index is 0.434. The minimum atomic E-state index is -0.589. The maximum absolute atomic E-state index is 11.7. The second kappa shape index (κ2) is 5.75. The van der Waals surface area contributed by atoms with Gasteiger partial charge in [0.05, 0.1) is 0 Å². The molecule has 1 amide bonds. The molecule has 0 saturated heterocycles. The molecular formula is C16H16N2O3. The third kappa shape index (κ3) is 2.91. The minimum Gasteiger partial charge on any atom is -0.486 e. The van der Waals surface area contributed by atoms with E-state index in [1.807, 2.05) is 48.5 Å². The maximum atomic E-state index is 11.7. The predicted molar refractivity (Wildman–Crippen MR) is 79.4 cm³/mol. The standard InChI is InChI=1S/C16H16N2O3/c17-16(19)15(11-4-2-1-3-5-11)18-12-6-7-13-14(10-12)21-9-8-20-13/h1-7,10,15,18H,8-9H2,(H2,17,19). The zero-order valence-corrected chi connectivity index (χ0v) is 11.4. The molecule has 0 fully saturated rings. The van der Waals surface area contributed by atoms with Crippen molar-refractivity contribution < 1.29 is 14.3 Å². The molecule has 108 valence electrons. The number of hydrogen-bond donors (Lipinski definition) is 2. The number of carbonyl (C=O) groups is 1. The normalized spacial score (nSPS) is 14.3. The summed E-state index contributed by atoms with van der Waals surface area (Å²) >= 11 is 0. The first-order valence-corrected chi connectivity index (χ1v) is 6.74. The van der Waals surface area contributed by atoms with Gasteiger partial charge in [0, 0.05) is 11.8 Å². The zero-order valence-electron chi connectivity index (χ0n) is 11.4. The lowest BCUT2D eigenvalue weighted by Gasteiger charge is -2.21. The van der Waals surface area contributed by atoms with Crippen LogP contribution in [0.25, 0.3) is 0 Å². The first kappa shape index (κ1) is 13.3. The van der Waals surface area contributed by atoms with Crippen molar-refractivity contribution in [2.75, 3.05) is 18.5 Å². The van der Waals surface area contributed by atoms with Crippen molar-refractivity contribution in [2.24, 2.45) is 5.73 Å². The topological polar surface area (TPSA) is 73.6 Å². The fraction of sp³-hybridized carbons (Fsp3) is 0.188. The third-order valence-corrected chi connectivity index (χ3v) is 3.27. The Morgan fingerprint density at radius 2 is 1.76 bits per heavy atom. The lowest BCUT2D eigenvalue weighted by molar-refractivity contribution is -0.118. The van der Waals surface area contributed by atoms with Crippen molar-refractivity contribution in [3.63, 3.8) is 0 Å². The molecule has 3 rings (SSSR count). The van der Waals surface area contributed by atoms with Crippen molar-refractivity contribution in [3.8, 4) is 11.5 Å². The Balaban J connectivity index is 1.85. The average Bonchev–Trinajstić information content (AvgIpc) is 2.53. The molecule has 2 aromatic rings. The Hall–Kier alpha value is -2.69. The van der Waals surface area contributed by atoms with Crippen LogP contribution in [0.4, 0.5) is 5.69 Å². The molecule has 1 aliphatic heterocycles. The highest BCUT2D eigenvalue weighted by atomic mass is 16.6. The second-order valence-electron chi connectivity index (χ2n) is 4.75. The Morgan fingerprint density at radius 1 is 1.05 bits per heavy atom. The van der Waals surface area contributed by atoms with Gasteiger partial charge in [0.15, 0.2) is 11.5 Å². The lowest BCUT2D eigenvalue weighted by atomic mass is 10.1. The molecule has 0 bridgehead atoms. The number of carbonyl (C=O) groups excluding carboxylic acids is 1. The van der Waals surface area contributed by atoms with Gasteiger partial charge in [0.25, 0.3) is 0 Å². The maximum Gasteiger partial charge on any atom is 0.244 e. The Kier molecular flexibility index (Phi) is 3.64. The number of ether oxygens (including phenoxy) is 2. The Morgan fingerprint density at radius 3 is 2.48 bits per heavy atom. The number of nitrogens with one attached hydrogen (secondary N) is 1. The molecule has 2 aromatic carbocycles. The highest BCUT2D eigenvalue weighted by Gasteiger charge is 2.19. The quantitative estimate of drug-likeness (QED) is 0.901. The first-order valence-electron chi connectivity index (χ1n) is 6.74. The van der Waals surface area contributed by atoms with Crippen LogP contribution in [-0.2, 0) is 4.79 Å². The van der Waals surface area contributed by atoms with Crippen molar-refractivity contribution in [2.45, 2.75) is 6.04 Å². The average molecular weight is 284 g/mol. The van der Waals surface area contributed by atoms with Gasteiger partial charge in [-0.3, -0.25) is 4.79 Å². The summed E-state index contributed by atoms with van der Waals surface area (Å²) in [6.07, 6.45) is 0. The fourth-order valence-electron chi connectivity index (χ4n) is 2.26. The predicted octanol–water partition coefficient (Wildman–Crippen LogP) is 2.10. The lowest BCUT2D eigenvalue weighted by Crippen LogP contribution is -2.27. The number of anilines is 1. The molecule has 5 nitrogen and oxygen atoms in total. The van der Waals surface area contributed by atoms with Crippen LogP contribution in [0.15, 0.2) is 48.5 Å². The number of fused-ring (bicyclic) bond motifs is 1. The van der Waals surface area contributed by atoms with E-state index < -0.39 is 11.9 Å². The van der Waals surface area contributed by atoms with Gasteiger partial charge < -0.3 is 20.5 Å². The van der Waals surface area contributed by atoms with Crippen LogP contribution in [0, 0.1) is 0 Å². The third-order valence-electron chi connectivity index (χ3n) is 3.27. The smallest absolute Gasteiger partial charge is 0.244 e. The largest absolute Gasteiger partial charge is 0.486 e. The number of amides is 1. The molecule has 3 N–H and O–H groups in total. The molecule has 1 unspecified atom stereocenters. The van der Waals surface area contributed by atoms with Crippen LogP contribution in [0.5, 0.6) is 11.5 Å². The van der Waals surface area contributed by atoms with Gasteiger partial charge in [-0.25, -0.2) is 0 Å². The summed E-state index contributed by atoms with van der Waals surface area (Å²) in [5.41, 5.74) is 7.07. The summed E-state index contributed by atoms with van der Waals surface area (Å²) in [5.74, 6) is 0.945. The van der Waals surface area contributed by atoms with Gasteiger partial charge in [-0.15, -0.1) is 0 Å². The molecule has 5 heteroatoms. The van der Waals surface area contributed by atoms with E-state index in [0.29, 0.717) is 24.7 Å². The van der Waals surface area contributed by atoms with Gasteiger partial charge in [-0.2, -0.15) is 0 Å². The zero-order chi connectivity index (χ0) is 14.7. The molecule has 0 aromatic heterocycles. The second-order valence-corrected chi connectivity index (χ2v) is 4.75. The molecule has 21 heavy (non-hydrogen) atoms. The highest BCUT2D eigenvalue weighted by Crippen LogP contribution is 2.33. The van der Waals surface area contributed by atoms with Crippen LogP contribution in [0.2, 0.25) is 0 Å². The molecule has 0 saturated carbocycles. The number of benzene rings is 2. The van der Waals surface area contributed by atoms with E-state index in [9.17, 15) is 4.79 Å². The Bertz CT molecular complexity index is 643. The van der Waals surface area contributed by atoms with Crippen molar-refractivity contribution in [1.29, 1.82) is 0 Å². The molecule has 1 heterocycles. The summed E-state index contributed by atoms with van der Waals surface area (Å²) in [6, 6.07) is 14.2. The molecular weight excluding hydrogens is 268 g/mol. The summed E-state index contributed by atoms with van der Waals surface area (Å²) < 4.78 is 11.0. The molecule has 0 aliphatic carbocycles. The van der Waals surface area contributed by atoms with Gasteiger partial charge >= 0.3 is 0 Å². The first-order chi connectivity index (χ1) is 10.2. The number of rotatable bonds is 4. The molecule has 1 atom stereocenters. The number of primary amides is 1. The monoisotopic (exact) mass is 284 g/mol. The number of nitrogens with two attached hydrogens (primary N) is 1. The van der Waals surface area contributed by atoms with E-state index in [4.69, 9.17) is 15.2 Å². The van der Waals surface area contributed by atoms with E-state index in [1.54, 1.807) is 0 Å². The van der Waals surface area contributed by atoms with Crippen molar-refractivity contribution in [1.82, 2.24) is 0 Å². The Labute approximate surface area is 122 Å². The summed E-state index contributed by atoms with van der Waals surface area (Å²) in [7, 11) is 0. The van der Waals surface area contributed by atoms with E-state index in [0.717, 1.165) is 11.3 Å². The molecule has 1 aliphatic rings. The SMILES string of the molecule is NC(=O)C(Nc1ccc2c(c1)OCCO2)c1ccccc1. The van der Waals surface area contributed by atoms with Crippen LogP contribution in [-0.4, -0.2) is 19.1 Å². The van der Waals surface area contributed by atoms with Gasteiger partial charge in [-0.1, -0.05) is 30.3 Å². The summed E-state index contributed by atoms with van der Waals surface area (Å²) in [4.78, 5) is 11.7. The van der Waals surface area contributed by atoms with E-state index in [-0.39, 0.29) is 0 Å². The van der Waals surface area contributed by atoms with Crippen LogP contribution in [0.3, 0.4) is 0 Å². The molecule has 0 spiro atoms. The van der Waals surface area contributed by atoms with Crippen LogP contribution >= 0.6 is 0 Å². The van der Waals surface area contributed by atoms with Crippen LogP contribution in [0.1, 0.15) is 11.6 Å². The highest BCUT2D eigenvalue weighted by molar-refractivity contribution is 5.84. The summed E-state index contributed by atoms with van der Waals surface area (Å²) in [5, 5.41) is 3.13. The van der Waals surface area contributed by atoms with Crippen LogP contribution < -0.4 is 20.5 Å². The molecule has 0 radical (unpaired) electrons. The van der Waals surface area contributed by atoms with E-state index in [2.05, 4.69) is 5.32 Å². The van der Waals surface area contributed by atoms with Crippen molar-refractivity contribution >= 4 is 11.6 Å². The van der Waals surface area contributed by atoms with E-state index in [1.165, 1.54) is 0 Å².